The Kier molecular flexibility index (Phi) is 2.17. The average Bonchev–Trinajstić information content (AvgIpc) is 2.46. The Morgan fingerprint density at radius 1 is 1.38 bits per heavy atom. The van der Waals surface area contributed by atoms with Gasteiger partial charge < -0.3 is 9.79 Å². The second kappa shape index (κ2) is 3.19. The third-order valence-corrected chi connectivity index (χ3v) is 2.27. The molecule has 2 aliphatic heterocycles. The third-order valence-electron chi connectivity index (χ3n) is 1.77. The lowest BCUT2D eigenvalue weighted by molar-refractivity contribution is -0.131. The number of fused-ring (bicyclic) bond motifs is 1. The molecular formula is C5H5N4O6P. The molecule has 0 bridgehead atoms. The molecule has 2 heterocycles. The number of phosphoric ester groups is 1. The van der Waals surface area contributed by atoms with Gasteiger partial charge in [-0.15, -0.1) is 0 Å². The highest BCUT2D eigenvalue weighted by atomic mass is 31.2. The van der Waals surface area contributed by atoms with Crippen LogP contribution in [-0.2, 0) is 13.9 Å². The van der Waals surface area contributed by atoms with Crippen LogP contribution in [0.25, 0.3) is 0 Å². The zero-order valence-corrected chi connectivity index (χ0v) is 8.34. The van der Waals surface area contributed by atoms with Crippen molar-refractivity contribution < 1.29 is 28.5 Å². The number of hydrogen-bond acceptors (Lipinski definition) is 6. The van der Waals surface area contributed by atoms with Gasteiger partial charge in [-0.25, -0.2) is 23.9 Å². The molecule has 0 radical (unpaired) electrons. The molecule has 4 N–H and O–H groups in total. The van der Waals surface area contributed by atoms with E-state index in [1.165, 1.54) is 0 Å². The molecule has 2 aliphatic rings. The molecule has 1 saturated heterocycles. The molecule has 0 aromatic heterocycles. The van der Waals surface area contributed by atoms with Crippen molar-refractivity contribution >= 4 is 31.9 Å². The SMILES string of the molecule is O=C1NC(=O)C2(OP(=O)(O)O)N=CN=C2N1. The summed E-state index contributed by atoms with van der Waals surface area (Å²) in [6.45, 7) is 0. The first kappa shape index (κ1) is 10.9. The number of aliphatic imine (C=N–C) groups is 2. The highest BCUT2D eigenvalue weighted by Gasteiger charge is 2.55. The summed E-state index contributed by atoms with van der Waals surface area (Å²) in [6, 6.07) is -0.876. The Morgan fingerprint density at radius 2 is 2.06 bits per heavy atom. The summed E-state index contributed by atoms with van der Waals surface area (Å²) < 4.78 is 15.0. The number of amides is 3. The molecule has 0 spiro atoms. The molecule has 0 aromatic carbocycles. The predicted molar refractivity (Wildman–Crippen MR) is 48.5 cm³/mol. The van der Waals surface area contributed by atoms with Crippen LogP contribution in [0.15, 0.2) is 9.98 Å². The van der Waals surface area contributed by atoms with Crippen molar-refractivity contribution in [2.45, 2.75) is 5.72 Å². The van der Waals surface area contributed by atoms with Crippen LogP contribution in [0.3, 0.4) is 0 Å². The van der Waals surface area contributed by atoms with Crippen molar-refractivity contribution in [1.82, 2.24) is 10.6 Å². The smallest absolute Gasteiger partial charge is 0.303 e. The van der Waals surface area contributed by atoms with Crippen molar-refractivity contribution in [3.05, 3.63) is 0 Å². The van der Waals surface area contributed by atoms with E-state index in [1.54, 1.807) is 5.32 Å². The lowest BCUT2D eigenvalue weighted by Crippen LogP contribution is -2.65. The summed E-state index contributed by atoms with van der Waals surface area (Å²) in [5.41, 5.74) is -2.31. The second-order valence-electron chi connectivity index (χ2n) is 2.86. The van der Waals surface area contributed by atoms with E-state index in [2.05, 4.69) is 19.8 Å². The number of nitrogens with one attached hydrogen (secondary N) is 2. The quantitative estimate of drug-likeness (QED) is 0.418. The van der Waals surface area contributed by atoms with Crippen LogP contribution in [-0.4, -0.2) is 39.6 Å². The Hall–Kier alpha value is -1.61. The van der Waals surface area contributed by atoms with Crippen LogP contribution in [0.2, 0.25) is 0 Å². The van der Waals surface area contributed by atoms with E-state index in [0.717, 1.165) is 6.34 Å². The topological polar surface area (TPSA) is 150 Å². The molecule has 1 fully saturated rings. The van der Waals surface area contributed by atoms with Crippen molar-refractivity contribution in [1.29, 1.82) is 0 Å². The minimum absolute atomic E-state index is 0.385. The van der Waals surface area contributed by atoms with Crippen molar-refractivity contribution in [3.8, 4) is 0 Å². The zero-order valence-electron chi connectivity index (χ0n) is 7.45. The normalized spacial score (nSPS) is 28.2. The number of imide groups is 1. The number of rotatable bonds is 2. The molecule has 16 heavy (non-hydrogen) atoms. The number of phosphoric acid groups is 1. The molecule has 2 rings (SSSR count). The van der Waals surface area contributed by atoms with Crippen LogP contribution in [0.4, 0.5) is 4.79 Å². The van der Waals surface area contributed by atoms with Crippen molar-refractivity contribution in [2.75, 3.05) is 0 Å². The molecule has 0 aliphatic carbocycles. The van der Waals surface area contributed by atoms with Gasteiger partial charge in [-0.05, 0) is 0 Å². The van der Waals surface area contributed by atoms with Gasteiger partial charge in [0.15, 0.2) is 5.84 Å². The first-order valence-electron chi connectivity index (χ1n) is 3.84. The number of carbonyl (C=O) groups is 2. The van der Waals surface area contributed by atoms with E-state index >= 15 is 0 Å². The molecule has 11 heteroatoms. The van der Waals surface area contributed by atoms with E-state index in [-0.39, 0.29) is 5.84 Å². The minimum atomic E-state index is -4.98. The average molecular weight is 248 g/mol. The zero-order chi connectivity index (χ0) is 12.0. The van der Waals surface area contributed by atoms with Crippen LogP contribution in [0, 0.1) is 0 Å². The Balaban J connectivity index is 2.41. The van der Waals surface area contributed by atoms with Gasteiger partial charge >= 0.3 is 19.6 Å². The number of hydrogen-bond donors (Lipinski definition) is 4. The van der Waals surface area contributed by atoms with Gasteiger partial charge in [0.05, 0.1) is 0 Å². The first-order valence-corrected chi connectivity index (χ1v) is 5.37. The van der Waals surface area contributed by atoms with Crippen LogP contribution in [0.1, 0.15) is 0 Å². The fourth-order valence-corrected chi connectivity index (χ4v) is 1.77. The summed E-state index contributed by atoms with van der Waals surface area (Å²) in [6.07, 6.45) is 0.857. The van der Waals surface area contributed by atoms with Gasteiger partial charge in [-0.3, -0.25) is 15.4 Å². The van der Waals surface area contributed by atoms with E-state index in [0.29, 0.717) is 0 Å². The Morgan fingerprint density at radius 3 is 2.69 bits per heavy atom. The maximum Gasteiger partial charge on any atom is 0.472 e. The first-order chi connectivity index (χ1) is 7.33. The van der Waals surface area contributed by atoms with E-state index < -0.39 is 25.5 Å². The summed E-state index contributed by atoms with van der Waals surface area (Å²) in [5, 5.41) is 3.82. The number of carbonyl (C=O) groups excluding carboxylic acids is 2. The lowest BCUT2D eigenvalue weighted by atomic mass is 10.1. The van der Waals surface area contributed by atoms with E-state index in [4.69, 9.17) is 9.79 Å². The maximum absolute atomic E-state index is 11.5. The molecular weight excluding hydrogens is 243 g/mol. The monoisotopic (exact) mass is 248 g/mol. The molecule has 86 valence electrons. The molecule has 10 nitrogen and oxygen atoms in total. The number of urea groups is 1. The highest BCUT2D eigenvalue weighted by Crippen LogP contribution is 2.43. The van der Waals surface area contributed by atoms with Gasteiger partial charge in [0, 0.05) is 0 Å². The summed E-state index contributed by atoms with van der Waals surface area (Å²) >= 11 is 0. The van der Waals surface area contributed by atoms with Gasteiger partial charge in [0.1, 0.15) is 6.34 Å². The van der Waals surface area contributed by atoms with Crippen molar-refractivity contribution in [2.24, 2.45) is 9.98 Å². The molecule has 3 amide bonds. The second-order valence-corrected chi connectivity index (χ2v) is 4.02. The summed E-state index contributed by atoms with van der Waals surface area (Å²) in [4.78, 5) is 46.6. The minimum Gasteiger partial charge on any atom is -0.303 e. The van der Waals surface area contributed by atoms with Crippen LogP contribution < -0.4 is 10.6 Å². The third kappa shape index (κ3) is 1.63. The standard InChI is InChI=1S/C5H5N4O6P/c10-3-5(15-16(12,13)14)2(6-1-7-5)8-4(11)9-3/h1H,(H2,12,13,14)(H2,6,7,8,9,10,11). The maximum atomic E-state index is 11.5. The largest absolute Gasteiger partial charge is 0.472 e. The van der Waals surface area contributed by atoms with Crippen LogP contribution in [0.5, 0.6) is 0 Å². The molecule has 1 unspecified atom stereocenters. The van der Waals surface area contributed by atoms with Gasteiger partial charge in [-0.1, -0.05) is 0 Å². The lowest BCUT2D eigenvalue weighted by Gasteiger charge is -2.29. The van der Waals surface area contributed by atoms with Gasteiger partial charge in [-0.2, -0.15) is 0 Å². The van der Waals surface area contributed by atoms with Crippen molar-refractivity contribution in [3.63, 3.8) is 0 Å². The number of nitrogens with zero attached hydrogens (tertiary/aromatic N) is 2. The predicted octanol–water partition coefficient (Wildman–Crippen LogP) is -1.93. The fourth-order valence-electron chi connectivity index (χ4n) is 1.21. The fraction of sp³-hybridized carbons (Fsp3) is 0.200. The summed E-state index contributed by atoms with van der Waals surface area (Å²) in [7, 11) is -4.98. The highest BCUT2D eigenvalue weighted by molar-refractivity contribution is 7.46. The van der Waals surface area contributed by atoms with E-state index in [1.807, 2.05) is 0 Å². The molecule has 0 saturated carbocycles. The van der Waals surface area contributed by atoms with Gasteiger partial charge in [0.2, 0.25) is 0 Å². The Labute approximate surface area is 87.7 Å². The van der Waals surface area contributed by atoms with Crippen LogP contribution >= 0.6 is 7.82 Å². The van der Waals surface area contributed by atoms with Gasteiger partial charge in [0.25, 0.3) is 5.91 Å². The van der Waals surface area contributed by atoms with E-state index in [9.17, 15) is 14.2 Å². The summed E-state index contributed by atoms with van der Waals surface area (Å²) in [5.74, 6) is -1.50. The molecule has 0 aromatic rings. The Bertz CT molecular complexity index is 479. The molecule has 1 atom stereocenters. The number of amidine groups is 1.